The first-order chi connectivity index (χ1) is 6.11. The first-order valence-electron chi connectivity index (χ1n) is 4.89. The summed E-state index contributed by atoms with van der Waals surface area (Å²) in [5.41, 5.74) is 0. The van der Waals surface area contributed by atoms with E-state index in [2.05, 4.69) is 25.4 Å². The first kappa shape index (κ1) is 13.0. The maximum atomic E-state index is 11.5. The van der Waals surface area contributed by atoms with Gasteiger partial charge >= 0.3 is 0 Å². The minimum absolute atomic E-state index is 0.0671. The van der Waals surface area contributed by atoms with Gasteiger partial charge in [0.2, 0.25) is 0 Å². The number of Topliss-reactive ketones (excluding diaryl/α,β-unsaturated/α-hetero) is 1. The van der Waals surface area contributed by atoms with Crippen LogP contribution in [0.25, 0.3) is 0 Å². The molecule has 1 N–H and O–H groups in total. The zero-order valence-electron chi connectivity index (χ0n) is 9.09. The van der Waals surface area contributed by atoms with Crippen molar-refractivity contribution < 1.29 is 4.79 Å². The average molecular weight is 203 g/mol. The standard InChI is InChI=1S/C10H21NOS/c1-5-10(12)9(6-7-13-4)11-8(2)3/h8-9,11H,5-7H2,1-4H3. The fraction of sp³-hybridized carbons (Fsp3) is 0.900. The lowest BCUT2D eigenvalue weighted by atomic mass is 10.1. The molecule has 1 atom stereocenters. The lowest BCUT2D eigenvalue weighted by Gasteiger charge is -2.19. The maximum Gasteiger partial charge on any atom is 0.149 e. The van der Waals surface area contributed by atoms with Gasteiger partial charge in [0, 0.05) is 12.5 Å². The van der Waals surface area contributed by atoms with Crippen molar-refractivity contribution >= 4 is 17.5 Å². The smallest absolute Gasteiger partial charge is 0.149 e. The fourth-order valence-electron chi connectivity index (χ4n) is 1.22. The van der Waals surface area contributed by atoms with E-state index in [0.29, 0.717) is 18.2 Å². The number of carbonyl (C=O) groups excluding carboxylic acids is 1. The van der Waals surface area contributed by atoms with Crippen LogP contribution >= 0.6 is 11.8 Å². The molecule has 3 heteroatoms. The Morgan fingerprint density at radius 1 is 1.46 bits per heavy atom. The molecule has 0 bridgehead atoms. The van der Waals surface area contributed by atoms with Gasteiger partial charge in [-0.3, -0.25) is 4.79 Å². The van der Waals surface area contributed by atoms with Gasteiger partial charge in [0.1, 0.15) is 5.78 Å². The van der Waals surface area contributed by atoms with Crippen LogP contribution in [0.2, 0.25) is 0 Å². The molecule has 0 aromatic heterocycles. The summed E-state index contributed by atoms with van der Waals surface area (Å²) >= 11 is 1.79. The van der Waals surface area contributed by atoms with E-state index in [4.69, 9.17) is 0 Å². The van der Waals surface area contributed by atoms with Crippen molar-refractivity contribution in [1.82, 2.24) is 5.32 Å². The summed E-state index contributed by atoms with van der Waals surface area (Å²) in [7, 11) is 0. The zero-order chi connectivity index (χ0) is 10.3. The van der Waals surface area contributed by atoms with E-state index in [9.17, 15) is 4.79 Å². The zero-order valence-corrected chi connectivity index (χ0v) is 9.91. The van der Waals surface area contributed by atoms with E-state index in [1.807, 2.05) is 6.92 Å². The lowest BCUT2D eigenvalue weighted by Crippen LogP contribution is -2.41. The van der Waals surface area contributed by atoms with Crippen LogP contribution in [0.4, 0.5) is 0 Å². The predicted octanol–water partition coefficient (Wildman–Crippen LogP) is 2.09. The molecule has 0 radical (unpaired) electrons. The summed E-state index contributed by atoms with van der Waals surface area (Å²) in [4.78, 5) is 11.5. The quantitative estimate of drug-likeness (QED) is 0.687. The predicted molar refractivity (Wildman–Crippen MR) is 60.4 cm³/mol. The molecular formula is C10H21NOS. The van der Waals surface area contributed by atoms with Gasteiger partial charge in [0.05, 0.1) is 6.04 Å². The van der Waals surface area contributed by atoms with E-state index in [1.54, 1.807) is 11.8 Å². The molecule has 0 saturated carbocycles. The van der Waals surface area contributed by atoms with Crippen molar-refractivity contribution in [3.8, 4) is 0 Å². The highest BCUT2D eigenvalue weighted by molar-refractivity contribution is 7.98. The second-order valence-corrected chi connectivity index (χ2v) is 4.46. The SMILES string of the molecule is CCC(=O)C(CCSC)NC(C)C. The van der Waals surface area contributed by atoms with Crippen LogP contribution in [0.1, 0.15) is 33.6 Å². The number of carbonyl (C=O) groups is 1. The fourth-order valence-corrected chi connectivity index (χ4v) is 1.69. The summed E-state index contributed by atoms with van der Waals surface area (Å²) in [6.45, 7) is 6.08. The molecule has 2 nitrogen and oxygen atoms in total. The third-order valence-electron chi connectivity index (χ3n) is 1.88. The number of nitrogens with one attached hydrogen (secondary N) is 1. The van der Waals surface area contributed by atoms with Gasteiger partial charge in [-0.1, -0.05) is 20.8 Å². The molecule has 0 heterocycles. The van der Waals surface area contributed by atoms with Crippen LogP contribution in [-0.2, 0) is 4.79 Å². The molecular weight excluding hydrogens is 182 g/mol. The van der Waals surface area contributed by atoms with Crippen molar-refractivity contribution in [3.63, 3.8) is 0 Å². The number of ketones is 1. The van der Waals surface area contributed by atoms with E-state index in [1.165, 1.54) is 0 Å². The summed E-state index contributed by atoms with van der Waals surface area (Å²) in [6, 6.07) is 0.458. The van der Waals surface area contributed by atoms with Gasteiger partial charge in [-0.05, 0) is 18.4 Å². The number of hydrogen-bond acceptors (Lipinski definition) is 3. The van der Waals surface area contributed by atoms with Crippen LogP contribution in [0, 0.1) is 0 Å². The second kappa shape index (κ2) is 7.39. The highest BCUT2D eigenvalue weighted by atomic mass is 32.2. The molecule has 0 spiro atoms. The van der Waals surface area contributed by atoms with Gasteiger partial charge in [-0.15, -0.1) is 0 Å². The summed E-state index contributed by atoms with van der Waals surface area (Å²) < 4.78 is 0. The third-order valence-corrected chi connectivity index (χ3v) is 2.53. The normalized spacial score (nSPS) is 13.3. The van der Waals surface area contributed by atoms with E-state index >= 15 is 0 Å². The highest BCUT2D eigenvalue weighted by Gasteiger charge is 2.16. The number of rotatable bonds is 7. The summed E-state index contributed by atoms with van der Waals surface area (Å²) in [5.74, 6) is 1.39. The molecule has 78 valence electrons. The largest absolute Gasteiger partial charge is 0.305 e. The molecule has 13 heavy (non-hydrogen) atoms. The Bertz CT molecular complexity index is 148. The summed E-state index contributed by atoms with van der Waals surface area (Å²) in [6.07, 6.45) is 3.66. The molecule has 1 unspecified atom stereocenters. The minimum atomic E-state index is 0.0671. The topological polar surface area (TPSA) is 29.1 Å². The first-order valence-corrected chi connectivity index (χ1v) is 6.28. The Balaban J connectivity index is 3.94. The monoisotopic (exact) mass is 203 g/mol. The Hall–Kier alpha value is -0.0200. The molecule has 0 rings (SSSR count). The molecule has 0 aliphatic rings. The molecule has 0 aromatic rings. The molecule has 0 fully saturated rings. The Morgan fingerprint density at radius 3 is 2.46 bits per heavy atom. The van der Waals surface area contributed by atoms with Crippen molar-refractivity contribution in [3.05, 3.63) is 0 Å². The van der Waals surface area contributed by atoms with E-state index in [0.717, 1.165) is 12.2 Å². The maximum absolute atomic E-state index is 11.5. The Labute approximate surface area is 85.9 Å². The molecule has 0 aliphatic carbocycles. The van der Waals surface area contributed by atoms with Crippen LogP contribution in [0.3, 0.4) is 0 Å². The molecule has 0 aromatic carbocycles. The molecule has 0 saturated heterocycles. The van der Waals surface area contributed by atoms with Crippen LogP contribution in [0.15, 0.2) is 0 Å². The van der Waals surface area contributed by atoms with Gasteiger partial charge in [0.15, 0.2) is 0 Å². The Morgan fingerprint density at radius 2 is 2.08 bits per heavy atom. The third kappa shape index (κ3) is 6.11. The highest BCUT2D eigenvalue weighted by Crippen LogP contribution is 2.04. The average Bonchev–Trinajstić information content (AvgIpc) is 2.10. The van der Waals surface area contributed by atoms with E-state index < -0.39 is 0 Å². The van der Waals surface area contributed by atoms with Crippen LogP contribution in [0.5, 0.6) is 0 Å². The van der Waals surface area contributed by atoms with E-state index in [-0.39, 0.29) is 6.04 Å². The van der Waals surface area contributed by atoms with Gasteiger partial charge in [0.25, 0.3) is 0 Å². The summed E-state index contributed by atoms with van der Waals surface area (Å²) in [5, 5.41) is 3.30. The van der Waals surface area contributed by atoms with Crippen LogP contribution in [-0.4, -0.2) is 29.9 Å². The van der Waals surface area contributed by atoms with Crippen molar-refractivity contribution in [2.45, 2.75) is 45.7 Å². The van der Waals surface area contributed by atoms with Gasteiger partial charge < -0.3 is 5.32 Å². The van der Waals surface area contributed by atoms with Crippen molar-refractivity contribution in [1.29, 1.82) is 0 Å². The second-order valence-electron chi connectivity index (χ2n) is 3.48. The minimum Gasteiger partial charge on any atom is -0.305 e. The Kier molecular flexibility index (Phi) is 7.38. The molecule has 0 aliphatic heterocycles. The van der Waals surface area contributed by atoms with Crippen molar-refractivity contribution in [2.75, 3.05) is 12.0 Å². The lowest BCUT2D eigenvalue weighted by molar-refractivity contribution is -0.121. The molecule has 0 amide bonds. The van der Waals surface area contributed by atoms with Gasteiger partial charge in [-0.25, -0.2) is 0 Å². The number of thioether (sulfide) groups is 1. The van der Waals surface area contributed by atoms with Gasteiger partial charge in [-0.2, -0.15) is 11.8 Å². The number of hydrogen-bond donors (Lipinski definition) is 1. The van der Waals surface area contributed by atoms with Crippen molar-refractivity contribution in [2.24, 2.45) is 0 Å². The van der Waals surface area contributed by atoms with Crippen LogP contribution < -0.4 is 5.32 Å².